The minimum atomic E-state index is 0.611. The standard InChI is InChI=1S/C18H30N2/c1-3-4-5-9-12-20-15-18(19-14-16(20)2)13-17-10-7-6-8-11-17/h6-8,10-11,16,18-19H,3-5,9,12-15H2,1-2H3. The first-order chi connectivity index (χ1) is 9.79. The molecule has 20 heavy (non-hydrogen) atoms. The van der Waals surface area contributed by atoms with E-state index in [9.17, 15) is 0 Å². The molecule has 2 rings (SSSR count). The lowest BCUT2D eigenvalue weighted by molar-refractivity contribution is 0.138. The number of nitrogens with one attached hydrogen (secondary N) is 1. The number of benzene rings is 1. The van der Waals surface area contributed by atoms with Crippen LogP contribution in [0.4, 0.5) is 0 Å². The molecule has 0 spiro atoms. The molecule has 0 saturated carbocycles. The molecule has 2 unspecified atom stereocenters. The molecule has 2 heteroatoms. The van der Waals surface area contributed by atoms with Gasteiger partial charge in [0.25, 0.3) is 0 Å². The van der Waals surface area contributed by atoms with E-state index in [0.717, 1.165) is 13.0 Å². The van der Waals surface area contributed by atoms with Crippen LogP contribution < -0.4 is 5.32 Å². The third kappa shape index (κ3) is 4.92. The van der Waals surface area contributed by atoms with Crippen molar-refractivity contribution in [1.29, 1.82) is 0 Å². The minimum Gasteiger partial charge on any atom is -0.311 e. The number of rotatable bonds is 7. The van der Waals surface area contributed by atoms with Gasteiger partial charge in [-0.25, -0.2) is 0 Å². The largest absolute Gasteiger partial charge is 0.311 e. The van der Waals surface area contributed by atoms with Crippen LogP contribution in [0, 0.1) is 0 Å². The second kappa shape index (κ2) is 8.43. The van der Waals surface area contributed by atoms with Crippen molar-refractivity contribution in [2.24, 2.45) is 0 Å². The van der Waals surface area contributed by atoms with Crippen LogP contribution in [0.15, 0.2) is 30.3 Å². The van der Waals surface area contributed by atoms with Crippen LogP contribution in [0.2, 0.25) is 0 Å². The van der Waals surface area contributed by atoms with Gasteiger partial charge in [0, 0.05) is 25.2 Å². The Balaban J connectivity index is 1.78. The summed E-state index contributed by atoms with van der Waals surface area (Å²) in [5, 5.41) is 3.71. The highest BCUT2D eigenvalue weighted by molar-refractivity contribution is 5.16. The van der Waals surface area contributed by atoms with Gasteiger partial charge in [-0.1, -0.05) is 56.5 Å². The van der Waals surface area contributed by atoms with Crippen molar-refractivity contribution in [1.82, 2.24) is 10.2 Å². The molecule has 0 bridgehead atoms. The summed E-state index contributed by atoms with van der Waals surface area (Å²) in [5.41, 5.74) is 1.45. The molecule has 1 N–H and O–H groups in total. The molecule has 0 amide bonds. The van der Waals surface area contributed by atoms with Crippen LogP contribution >= 0.6 is 0 Å². The van der Waals surface area contributed by atoms with Gasteiger partial charge in [0.15, 0.2) is 0 Å². The average Bonchev–Trinajstić information content (AvgIpc) is 2.48. The molecule has 0 radical (unpaired) electrons. The molecule has 1 aromatic rings. The Morgan fingerprint density at radius 1 is 1.15 bits per heavy atom. The Morgan fingerprint density at radius 3 is 2.70 bits per heavy atom. The fourth-order valence-corrected chi connectivity index (χ4v) is 3.08. The van der Waals surface area contributed by atoms with Crippen LogP contribution in [0.1, 0.15) is 45.1 Å². The van der Waals surface area contributed by atoms with Crippen molar-refractivity contribution >= 4 is 0 Å². The molecule has 2 nitrogen and oxygen atoms in total. The smallest absolute Gasteiger partial charge is 0.0236 e. The Hall–Kier alpha value is -0.860. The zero-order chi connectivity index (χ0) is 14.2. The van der Waals surface area contributed by atoms with E-state index in [4.69, 9.17) is 0 Å². The van der Waals surface area contributed by atoms with E-state index in [2.05, 4.69) is 54.4 Å². The summed E-state index contributed by atoms with van der Waals surface area (Å²) in [7, 11) is 0. The lowest BCUT2D eigenvalue weighted by Crippen LogP contribution is -2.56. The normalized spacial score (nSPS) is 23.9. The molecular formula is C18H30N2. The quantitative estimate of drug-likeness (QED) is 0.766. The topological polar surface area (TPSA) is 15.3 Å². The highest BCUT2D eigenvalue weighted by atomic mass is 15.2. The fraction of sp³-hybridized carbons (Fsp3) is 0.667. The fourth-order valence-electron chi connectivity index (χ4n) is 3.08. The number of nitrogens with zero attached hydrogens (tertiary/aromatic N) is 1. The van der Waals surface area contributed by atoms with Gasteiger partial charge >= 0.3 is 0 Å². The van der Waals surface area contributed by atoms with E-state index in [1.807, 2.05) is 0 Å². The number of piperazine rings is 1. The van der Waals surface area contributed by atoms with Gasteiger partial charge in [-0.3, -0.25) is 4.90 Å². The highest BCUT2D eigenvalue weighted by Crippen LogP contribution is 2.13. The Bertz CT molecular complexity index is 363. The third-order valence-electron chi connectivity index (χ3n) is 4.40. The van der Waals surface area contributed by atoms with Gasteiger partial charge in [0.05, 0.1) is 0 Å². The first-order valence-corrected chi connectivity index (χ1v) is 8.31. The van der Waals surface area contributed by atoms with Crippen LogP contribution in [-0.4, -0.2) is 36.6 Å². The Kier molecular flexibility index (Phi) is 6.55. The van der Waals surface area contributed by atoms with Crippen LogP contribution in [0.3, 0.4) is 0 Å². The molecule has 1 aromatic carbocycles. The van der Waals surface area contributed by atoms with Gasteiger partial charge in [0.2, 0.25) is 0 Å². The van der Waals surface area contributed by atoms with E-state index >= 15 is 0 Å². The summed E-state index contributed by atoms with van der Waals surface area (Å²) in [5.74, 6) is 0. The van der Waals surface area contributed by atoms with Crippen LogP contribution in [0.25, 0.3) is 0 Å². The summed E-state index contributed by atoms with van der Waals surface area (Å²) in [6.07, 6.45) is 6.60. The summed E-state index contributed by atoms with van der Waals surface area (Å²) in [6, 6.07) is 12.2. The monoisotopic (exact) mass is 274 g/mol. The molecule has 1 saturated heterocycles. The van der Waals surface area contributed by atoms with Crippen molar-refractivity contribution < 1.29 is 0 Å². The third-order valence-corrected chi connectivity index (χ3v) is 4.40. The number of hydrogen-bond acceptors (Lipinski definition) is 2. The first-order valence-electron chi connectivity index (χ1n) is 8.31. The van der Waals surface area contributed by atoms with Gasteiger partial charge in [-0.15, -0.1) is 0 Å². The molecular weight excluding hydrogens is 244 g/mol. The molecule has 1 fully saturated rings. The minimum absolute atomic E-state index is 0.611. The van der Waals surface area contributed by atoms with E-state index in [1.54, 1.807) is 0 Å². The van der Waals surface area contributed by atoms with E-state index in [1.165, 1.54) is 44.3 Å². The summed E-state index contributed by atoms with van der Waals surface area (Å²) in [4.78, 5) is 2.68. The maximum absolute atomic E-state index is 3.71. The lowest BCUT2D eigenvalue weighted by Gasteiger charge is -2.39. The Labute approximate surface area is 124 Å². The van der Waals surface area contributed by atoms with Crippen molar-refractivity contribution in [2.45, 2.75) is 58.0 Å². The zero-order valence-corrected chi connectivity index (χ0v) is 13.1. The number of hydrogen-bond donors (Lipinski definition) is 1. The maximum atomic E-state index is 3.71. The van der Waals surface area contributed by atoms with Crippen LogP contribution in [-0.2, 0) is 6.42 Å². The average molecular weight is 274 g/mol. The molecule has 2 atom stereocenters. The van der Waals surface area contributed by atoms with Crippen molar-refractivity contribution in [2.75, 3.05) is 19.6 Å². The molecule has 0 aliphatic carbocycles. The highest BCUT2D eigenvalue weighted by Gasteiger charge is 2.24. The van der Waals surface area contributed by atoms with E-state index in [0.29, 0.717) is 12.1 Å². The van der Waals surface area contributed by atoms with Crippen molar-refractivity contribution in [3.8, 4) is 0 Å². The van der Waals surface area contributed by atoms with E-state index < -0.39 is 0 Å². The van der Waals surface area contributed by atoms with Crippen molar-refractivity contribution in [3.05, 3.63) is 35.9 Å². The Morgan fingerprint density at radius 2 is 1.95 bits per heavy atom. The number of unbranched alkanes of at least 4 members (excludes halogenated alkanes) is 3. The second-order valence-corrected chi connectivity index (χ2v) is 6.20. The maximum Gasteiger partial charge on any atom is 0.0236 e. The SMILES string of the molecule is CCCCCCN1CC(Cc2ccccc2)NCC1C. The van der Waals surface area contributed by atoms with Gasteiger partial charge in [-0.2, -0.15) is 0 Å². The summed E-state index contributed by atoms with van der Waals surface area (Å²) in [6.45, 7) is 8.23. The van der Waals surface area contributed by atoms with Crippen molar-refractivity contribution in [3.63, 3.8) is 0 Å². The lowest BCUT2D eigenvalue weighted by atomic mass is 10.0. The summed E-state index contributed by atoms with van der Waals surface area (Å²) < 4.78 is 0. The molecule has 1 aliphatic heterocycles. The zero-order valence-electron chi connectivity index (χ0n) is 13.1. The van der Waals surface area contributed by atoms with Gasteiger partial charge in [-0.05, 0) is 31.9 Å². The molecule has 0 aromatic heterocycles. The first kappa shape index (κ1) is 15.5. The second-order valence-electron chi connectivity index (χ2n) is 6.20. The summed E-state index contributed by atoms with van der Waals surface area (Å²) >= 11 is 0. The predicted octanol–water partition coefficient (Wildman–Crippen LogP) is 3.47. The van der Waals surface area contributed by atoms with Gasteiger partial charge in [0.1, 0.15) is 0 Å². The molecule has 1 aliphatic rings. The molecule has 1 heterocycles. The van der Waals surface area contributed by atoms with Gasteiger partial charge < -0.3 is 5.32 Å². The predicted molar refractivity (Wildman–Crippen MR) is 87.1 cm³/mol. The molecule has 112 valence electrons. The van der Waals surface area contributed by atoms with E-state index in [-0.39, 0.29) is 0 Å². The van der Waals surface area contributed by atoms with Crippen LogP contribution in [0.5, 0.6) is 0 Å².